The lowest BCUT2D eigenvalue weighted by atomic mass is 10.4. The Bertz CT molecular complexity index is 625. The minimum Gasteiger partial charge on any atom is -0.312 e. The fourth-order valence-electron chi connectivity index (χ4n) is 1.37. The lowest BCUT2D eigenvalue weighted by Gasteiger charge is -2.03. The van der Waals surface area contributed by atoms with E-state index in [0.29, 0.717) is 6.54 Å². The Kier molecular flexibility index (Phi) is 4.46. The summed E-state index contributed by atoms with van der Waals surface area (Å²) in [5.41, 5.74) is 0. The lowest BCUT2D eigenvalue weighted by Crippen LogP contribution is -2.13. The Morgan fingerprint density at radius 1 is 1.26 bits per heavy atom. The first kappa shape index (κ1) is 13.9. The van der Waals surface area contributed by atoms with E-state index in [-0.39, 0.29) is 10.2 Å². The van der Waals surface area contributed by atoms with Crippen LogP contribution in [0, 0.1) is 0 Å². The standard InChI is InChI=1S/C11H14N4O2S2/c1-2-12-8-9-4-5-10(18-9)19(16,17)15-11-13-6-3-7-14-11/h3-7,12H,2,8H2,1H3,(H,13,14,15). The average Bonchev–Trinajstić information content (AvgIpc) is 2.86. The van der Waals surface area contributed by atoms with Crippen LogP contribution in [0.5, 0.6) is 0 Å². The molecule has 2 rings (SSSR count). The third kappa shape index (κ3) is 3.72. The number of nitrogens with one attached hydrogen (secondary N) is 2. The van der Waals surface area contributed by atoms with Crippen molar-refractivity contribution in [2.24, 2.45) is 0 Å². The summed E-state index contributed by atoms with van der Waals surface area (Å²) in [4.78, 5) is 8.64. The van der Waals surface area contributed by atoms with Gasteiger partial charge in [-0.1, -0.05) is 6.92 Å². The zero-order valence-corrected chi connectivity index (χ0v) is 12.0. The van der Waals surface area contributed by atoms with Crippen LogP contribution < -0.4 is 10.0 Å². The summed E-state index contributed by atoms with van der Waals surface area (Å²) >= 11 is 1.23. The molecule has 102 valence electrons. The van der Waals surface area contributed by atoms with Crippen molar-refractivity contribution in [3.05, 3.63) is 35.5 Å². The van der Waals surface area contributed by atoms with Gasteiger partial charge in [-0.05, 0) is 24.7 Å². The van der Waals surface area contributed by atoms with Crippen molar-refractivity contribution in [3.63, 3.8) is 0 Å². The van der Waals surface area contributed by atoms with Crippen molar-refractivity contribution < 1.29 is 8.42 Å². The summed E-state index contributed by atoms with van der Waals surface area (Å²) in [5.74, 6) is 0.0733. The van der Waals surface area contributed by atoms with Gasteiger partial charge in [-0.3, -0.25) is 0 Å². The second-order valence-electron chi connectivity index (χ2n) is 3.68. The molecule has 0 spiro atoms. The van der Waals surface area contributed by atoms with Gasteiger partial charge < -0.3 is 5.32 Å². The molecule has 2 N–H and O–H groups in total. The highest BCUT2D eigenvalue weighted by atomic mass is 32.2. The van der Waals surface area contributed by atoms with Crippen molar-refractivity contribution in [1.29, 1.82) is 0 Å². The van der Waals surface area contributed by atoms with Crippen LogP contribution in [0.1, 0.15) is 11.8 Å². The number of thiophene rings is 1. The summed E-state index contributed by atoms with van der Waals surface area (Å²) in [6.07, 6.45) is 2.96. The van der Waals surface area contributed by atoms with Crippen molar-refractivity contribution in [2.75, 3.05) is 11.3 Å². The predicted molar refractivity (Wildman–Crippen MR) is 74.5 cm³/mol. The van der Waals surface area contributed by atoms with Crippen LogP contribution >= 0.6 is 11.3 Å². The maximum absolute atomic E-state index is 12.1. The first-order valence-corrected chi connectivity index (χ1v) is 8.01. The van der Waals surface area contributed by atoms with E-state index in [1.807, 2.05) is 6.92 Å². The molecule has 0 saturated heterocycles. The number of aromatic nitrogens is 2. The van der Waals surface area contributed by atoms with Gasteiger partial charge in [0.2, 0.25) is 5.95 Å². The number of rotatable bonds is 6. The average molecular weight is 298 g/mol. The van der Waals surface area contributed by atoms with E-state index < -0.39 is 10.0 Å². The fraction of sp³-hybridized carbons (Fsp3) is 0.273. The van der Waals surface area contributed by atoms with Gasteiger partial charge in [0.25, 0.3) is 10.0 Å². The molecule has 0 aromatic carbocycles. The van der Waals surface area contributed by atoms with Crippen LogP contribution in [0.2, 0.25) is 0 Å². The summed E-state index contributed by atoms with van der Waals surface area (Å²) in [7, 11) is -3.60. The number of hydrogen-bond acceptors (Lipinski definition) is 6. The highest BCUT2D eigenvalue weighted by Crippen LogP contribution is 2.22. The van der Waals surface area contributed by atoms with Gasteiger partial charge in [0.1, 0.15) is 4.21 Å². The molecule has 0 atom stereocenters. The van der Waals surface area contributed by atoms with E-state index in [1.165, 1.54) is 23.7 Å². The summed E-state index contributed by atoms with van der Waals surface area (Å²) in [5, 5.41) is 3.15. The van der Waals surface area contributed by atoms with Gasteiger partial charge in [-0.25, -0.2) is 23.1 Å². The number of hydrogen-bond donors (Lipinski definition) is 2. The molecule has 19 heavy (non-hydrogen) atoms. The Labute approximate surface area is 116 Å². The third-order valence-electron chi connectivity index (χ3n) is 2.24. The monoisotopic (exact) mass is 298 g/mol. The van der Waals surface area contributed by atoms with Crippen molar-refractivity contribution in [1.82, 2.24) is 15.3 Å². The number of sulfonamides is 1. The molecule has 0 fully saturated rings. The zero-order chi connectivity index (χ0) is 13.7. The number of anilines is 1. The van der Waals surface area contributed by atoms with Crippen LogP contribution in [-0.2, 0) is 16.6 Å². The van der Waals surface area contributed by atoms with E-state index in [9.17, 15) is 8.42 Å². The molecule has 0 bridgehead atoms. The Morgan fingerprint density at radius 3 is 2.68 bits per heavy atom. The molecule has 0 aliphatic carbocycles. The normalized spacial score (nSPS) is 11.4. The minimum absolute atomic E-state index is 0.0733. The molecule has 0 aliphatic heterocycles. The second kappa shape index (κ2) is 6.09. The van der Waals surface area contributed by atoms with Gasteiger partial charge in [0, 0.05) is 23.8 Å². The Balaban J connectivity index is 2.13. The zero-order valence-electron chi connectivity index (χ0n) is 10.3. The summed E-state index contributed by atoms with van der Waals surface area (Å²) in [6, 6.07) is 5.01. The fourth-order valence-corrected chi connectivity index (χ4v) is 3.65. The molecular formula is C11H14N4O2S2. The van der Waals surface area contributed by atoms with E-state index in [4.69, 9.17) is 0 Å². The van der Waals surface area contributed by atoms with E-state index in [0.717, 1.165) is 11.4 Å². The molecule has 2 aromatic rings. The van der Waals surface area contributed by atoms with Crippen molar-refractivity contribution in [2.45, 2.75) is 17.7 Å². The van der Waals surface area contributed by atoms with Gasteiger partial charge in [0.05, 0.1) is 0 Å². The maximum Gasteiger partial charge on any atom is 0.273 e. The quantitative estimate of drug-likeness (QED) is 0.843. The molecule has 0 amide bonds. The third-order valence-corrected chi connectivity index (χ3v) is 5.15. The molecule has 2 heterocycles. The lowest BCUT2D eigenvalue weighted by molar-refractivity contribution is 0.602. The van der Waals surface area contributed by atoms with E-state index in [2.05, 4.69) is 20.0 Å². The van der Waals surface area contributed by atoms with E-state index >= 15 is 0 Å². The van der Waals surface area contributed by atoms with Gasteiger partial charge >= 0.3 is 0 Å². The molecule has 0 radical (unpaired) electrons. The molecule has 6 nitrogen and oxygen atoms in total. The molecule has 0 aliphatic rings. The predicted octanol–water partition coefficient (Wildman–Crippen LogP) is 1.45. The molecule has 0 saturated carbocycles. The van der Waals surface area contributed by atoms with Crippen LogP contribution in [0.15, 0.2) is 34.8 Å². The van der Waals surface area contributed by atoms with Crippen LogP contribution in [-0.4, -0.2) is 24.9 Å². The van der Waals surface area contributed by atoms with Crippen molar-refractivity contribution >= 4 is 27.3 Å². The SMILES string of the molecule is CCNCc1ccc(S(=O)(=O)Nc2ncccn2)s1. The van der Waals surface area contributed by atoms with Crippen LogP contribution in [0.3, 0.4) is 0 Å². The van der Waals surface area contributed by atoms with Gasteiger partial charge in [0.15, 0.2) is 0 Å². The molecule has 0 unspecified atom stereocenters. The van der Waals surface area contributed by atoms with Crippen LogP contribution in [0.25, 0.3) is 0 Å². The minimum atomic E-state index is -3.60. The first-order chi connectivity index (χ1) is 9.12. The topological polar surface area (TPSA) is 84.0 Å². The van der Waals surface area contributed by atoms with Gasteiger partial charge in [-0.15, -0.1) is 11.3 Å². The summed E-state index contributed by atoms with van der Waals surface area (Å²) in [6.45, 7) is 3.51. The Hall–Kier alpha value is -1.51. The summed E-state index contributed by atoms with van der Waals surface area (Å²) < 4.78 is 26.8. The van der Waals surface area contributed by atoms with E-state index in [1.54, 1.807) is 18.2 Å². The smallest absolute Gasteiger partial charge is 0.273 e. The first-order valence-electron chi connectivity index (χ1n) is 5.71. The number of nitrogens with zero attached hydrogens (tertiary/aromatic N) is 2. The molecule has 2 aromatic heterocycles. The van der Waals surface area contributed by atoms with Gasteiger partial charge in [-0.2, -0.15) is 0 Å². The van der Waals surface area contributed by atoms with Crippen molar-refractivity contribution in [3.8, 4) is 0 Å². The molecular weight excluding hydrogens is 284 g/mol. The maximum atomic E-state index is 12.1. The Morgan fingerprint density at radius 2 is 2.00 bits per heavy atom. The largest absolute Gasteiger partial charge is 0.312 e. The highest BCUT2D eigenvalue weighted by Gasteiger charge is 2.17. The van der Waals surface area contributed by atoms with Crippen LogP contribution in [0.4, 0.5) is 5.95 Å². The molecule has 8 heteroatoms. The highest BCUT2D eigenvalue weighted by molar-refractivity contribution is 7.94. The second-order valence-corrected chi connectivity index (χ2v) is 6.76.